The average molecular weight is 255 g/mol. The Morgan fingerprint density at radius 1 is 1.42 bits per heavy atom. The van der Waals surface area contributed by atoms with Crippen LogP contribution in [0.2, 0.25) is 0 Å². The summed E-state index contributed by atoms with van der Waals surface area (Å²) in [7, 11) is 0. The van der Waals surface area contributed by atoms with E-state index in [2.05, 4.69) is 15.5 Å². The number of carbonyl (C=O) groups excluding carboxylic acids is 2. The van der Waals surface area contributed by atoms with E-state index in [0.29, 0.717) is 11.4 Å². The molecule has 2 N–H and O–H groups in total. The molecule has 0 aliphatic heterocycles. The van der Waals surface area contributed by atoms with Crippen LogP contribution >= 0.6 is 0 Å². The Morgan fingerprint density at radius 3 is 2.95 bits per heavy atom. The molecule has 1 heterocycles. The molecular weight excluding hydrogens is 242 g/mol. The standard InChI is InChI=1S/C14H13N3O2/c1-8-6-13(17-16-8)15-14(19)11-7-12(18)10-5-3-2-4-9(10)11/h2-6,11H,7H2,1H3,(H2,15,16,17,19)/t11-/m0/s1. The van der Waals surface area contributed by atoms with Crippen LogP contribution < -0.4 is 5.32 Å². The average Bonchev–Trinajstić information content (AvgIpc) is 2.95. The number of H-pyrrole nitrogens is 1. The van der Waals surface area contributed by atoms with Gasteiger partial charge in [-0.05, 0) is 12.5 Å². The number of aromatic amines is 1. The molecule has 1 amide bonds. The normalized spacial score (nSPS) is 17.3. The van der Waals surface area contributed by atoms with Gasteiger partial charge in [0.1, 0.15) is 0 Å². The van der Waals surface area contributed by atoms with Crippen molar-refractivity contribution in [2.24, 2.45) is 0 Å². The number of aryl methyl sites for hydroxylation is 1. The summed E-state index contributed by atoms with van der Waals surface area (Å²) in [6.07, 6.45) is 0.231. The summed E-state index contributed by atoms with van der Waals surface area (Å²) < 4.78 is 0. The number of fused-ring (bicyclic) bond motifs is 1. The van der Waals surface area contributed by atoms with Crippen molar-refractivity contribution in [1.82, 2.24) is 10.2 Å². The second-order valence-electron chi connectivity index (χ2n) is 4.69. The quantitative estimate of drug-likeness (QED) is 0.862. The van der Waals surface area contributed by atoms with Crippen LogP contribution in [0.1, 0.15) is 34.0 Å². The Balaban J connectivity index is 1.84. The van der Waals surface area contributed by atoms with E-state index < -0.39 is 5.92 Å². The van der Waals surface area contributed by atoms with Crippen LogP contribution in [0.5, 0.6) is 0 Å². The molecule has 1 aliphatic rings. The summed E-state index contributed by atoms with van der Waals surface area (Å²) >= 11 is 0. The summed E-state index contributed by atoms with van der Waals surface area (Å²) in [5.74, 6) is -0.0983. The fraction of sp³-hybridized carbons (Fsp3) is 0.214. The van der Waals surface area contributed by atoms with Crippen LogP contribution in [0.4, 0.5) is 5.82 Å². The maximum Gasteiger partial charge on any atom is 0.233 e. The lowest BCUT2D eigenvalue weighted by atomic mass is 10.0. The summed E-state index contributed by atoms with van der Waals surface area (Å²) in [5.41, 5.74) is 2.33. The maximum atomic E-state index is 12.2. The number of nitrogens with zero attached hydrogens (tertiary/aromatic N) is 1. The molecule has 19 heavy (non-hydrogen) atoms. The van der Waals surface area contributed by atoms with Crippen molar-refractivity contribution in [1.29, 1.82) is 0 Å². The van der Waals surface area contributed by atoms with Crippen molar-refractivity contribution >= 4 is 17.5 Å². The molecule has 1 aromatic heterocycles. The first kappa shape index (κ1) is 11.6. The third-order valence-electron chi connectivity index (χ3n) is 3.30. The number of amides is 1. The molecule has 5 nitrogen and oxygen atoms in total. The SMILES string of the molecule is Cc1cc(NC(=O)[C@H]2CC(=O)c3ccccc32)n[nH]1. The smallest absolute Gasteiger partial charge is 0.233 e. The number of Topliss-reactive ketones (excluding diaryl/α,β-unsaturated/α-hetero) is 1. The highest BCUT2D eigenvalue weighted by Crippen LogP contribution is 2.33. The van der Waals surface area contributed by atoms with Gasteiger partial charge in [-0.2, -0.15) is 5.10 Å². The van der Waals surface area contributed by atoms with Crippen LogP contribution in [-0.2, 0) is 4.79 Å². The lowest BCUT2D eigenvalue weighted by molar-refractivity contribution is -0.117. The molecule has 0 saturated heterocycles. The topological polar surface area (TPSA) is 74.8 Å². The second kappa shape index (κ2) is 4.35. The van der Waals surface area contributed by atoms with Gasteiger partial charge >= 0.3 is 0 Å². The summed E-state index contributed by atoms with van der Waals surface area (Å²) in [4.78, 5) is 24.1. The van der Waals surface area contributed by atoms with Crippen molar-refractivity contribution < 1.29 is 9.59 Å². The predicted octanol–water partition coefficient (Wildman–Crippen LogP) is 2.03. The van der Waals surface area contributed by atoms with E-state index in [-0.39, 0.29) is 18.1 Å². The van der Waals surface area contributed by atoms with Crippen LogP contribution in [0.25, 0.3) is 0 Å². The Kier molecular flexibility index (Phi) is 2.67. The molecular formula is C14H13N3O2. The Bertz CT molecular complexity index is 660. The number of benzene rings is 1. The zero-order chi connectivity index (χ0) is 13.4. The van der Waals surface area contributed by atoms with E-state index in [0.717, 1.165) is 11.3 Å². The highest BCUT2D eigenvalue weighted by molar-refractivity contribution is 6.09. The number of aromatic nitrogens is 2. The van der Waals surface area contributed by atoms with E-state index in [9.17, 15) is 9.59 Å². The third-order valence-corrected chi connectivity index (χ3v) is 3.30. The molecule has 1 aliphatic carbocycles. The van der Waals surface area contributed by atoms with Gasteiger partial charge in [0, 0.05) is 23.7 Å². The van der Waals surface area contributed by atoms with Gasteiger partial charge in [-0.25, -0.2) is 0 Å². The number of carbonyl (C=O) groups is 2. The van der Waals surface area contributed by atoms with E-state index in [1.807, 2.05) is 25.1 Å². The Hall–Kier alpha value is -2.43. The number of nitrogens with one attached hydrogen (secondary N) is 2. The molecule has 0 fully saturated rings. The van der Waals surface area contributed by atoms with Gasteiger partial charge in [-0.1, -0.05) is 24.3 Å². The van der Waals surface area contributed by atoms with Gasteiger partial charge in [0.25, 0.3) is 0 Å². The van der Waals surface area contributed by atoms with Gasteiger partial charge < -0.3 is 5.32 Å². The van der Waals surface area contributed by atoms with Gasteiger partial charge in [0.15, 0.2) is 11.6 Å². The minimum absolute atomic E-state index is 0.0222. The van der Waals surface area contributed by atoms with E-state index in [4.69, 9.17) is 0 Å². The van der Waals surface area contributed by atoms with E-state index in [1.165, 1.54) is 0 Å². The zero-order valence-electron chi connectivity index (χ0n) is 10.4. The number of hydrogen-bond acceptors (Lipinski definition) is 3. The molecule has 5 heteroatoms. The molecule has 2 aromatic rings. The zero-order valence-corrected chi connectivity index (χ0v) is 10.4. The first-order chi connectivity index (χ1) is 9.15. The third kappa shape index (κ3) is 2.03. The highest BCUT2D eigenvalue weighted by atomic mass is 16.2. The lowest BCUT2D eigenvalue weighted by Crippen LogP contribution is -2.19. The van der Waals surface area contributed by atoms with Crippen molar-refractivity contribution in [3.8, 4) is 0 Å². The maximum absolute atomic E-state index is 12.2. The summed E-state index contributed by atoms with van der Waals surface area (Å²) in [6.45, 7) is 1.86. The van der Waals surface area contributed by atoms with Gasteiger partial charge in [0.05, 0.1) is 5.92 Å². The predicted molar refractivity (Wildman–Crippen MR) is 70.1 cm³/mol. The van der Waals surface area contributed by atoms with Crippen LogP contribution in [0.15, 0.2) is 30.3 Å². The molecule has 1 atom stereocenters. The van der Waals surface area contributed by atoms with E-state index >= 15 is 0 Å². The van der Waals surface area contributed by atoms with Gasteiger partial charge in [-0.3, -0.25) is 14.7 Å². The highest BCUT2D eigenvalue weighted by Gasteiger charge is 2.34. The minimum Gasteiger partial charge on any atom is -0.309 e. The van der Waals surface area contributed by atoms with Crippen LogP contribution in [0.3, 0.4) is 0 Å². The van der Waals surface area contributed by atoms with Crippen molar-refractivity contribution in [3.63, 3.8) is 0 Å². The molecule has 96 valence electrons. The Morgan fingerprint density at radius 2 is 2.21 bits per heavy atom. The first-order valence-electron chi connectivity index (χ1n) is 6.10. The van der Waals surface area contributed by atoms with E-state index in [1.54, 1.807) is 12.1 Å². The minimum atomic E-state index is -0.416. The summed E-state index contributed by atoms with van der Waals surface area (Å²) in [5, 5.41) is 9.45. The first-order valence-corrected chi connectivity index (χ1v) is 6.10. The van der Waals surface area contributed by atoms with Crippen molar-refractivity contribution in [2.75, 3.05) is 5.32 Å². The molecule has 0 unspecified atom stereocenters. The van der Waals surface area contributed by atoms with Gasteiger partial charge in [0.2, 0.25) is 5.91 Å². The Labute approximate surface area is 110 Å². The molecule has 0 bridgehead atoms. The largest absolute Gasteiger partial charge is 0.309 e. The summed E-state index contributed by atoms with van der Waals surface area (Å²) in [6, 6.07) is 9.01. The molecule has 0 saturated carbocycles. The van der Waals surface area contributed by atoms with Gasteiger partial charge in [-0.15, -0.1) is 0 Å². The number of rotatable bonds is 2. The fourth-order valence-electron chi connectivity index (χ4n) is 2.39. The van der Waals surface area contributed by atoms with Crippen LogP contribution in [0, 0.1) is 6.92 Å². The molecule has 0 spiro atoms. The number of hydrogen-bond donors (Lipinski definition) is 2. The molecule has 1 aromatic carbocycles. The van der Waals surface area contributed by atoms with Crippen molar-refractivity contribution in [3.05, 3.63) is 47.2 Å². The van der Waals surface area contributed by atoms with Crippen LogP contribution in [-0.4, -0.2) is 21.9 Å². The second-order valence-corrected chi connectivity index (χ2v) is 4.69. The molecule has 0 radical (unpaired) electrons. The monoisotopic (exact) mass is 255 g/mol. The fourth-order valence-corrected chi connectivity index (χ4v) is 2.39. The lowest BCUT2D eigenvalue weighted by Gasteiger charge is -2.09. The van der Waals surface area contributed by atoms with Crippen molar-refractivity contribution in [2.45, 2.75) is 19.3 Å². The molecule has 3 rings (SSSR count). The number of ketones is 1. The number of anilines is 1.